The molecule has 0 N–H and O–H groups in total. The maximum absolute atomic E-state index is 5.82. The molecule has 0 radical (unpaired) electrons. The van der Waals surface area contributed by atoms with Crippen molar-refractivity contribution < 1.29 is 4.74 Å². The van der Waals surface area contributed by atoms with E-state index in [1.807, 2.05) is 47.1 Å². The number of anilines is 1. The molecule has 26 heavy (non-hydrogen) atoms. The fourth-order valence-electron chi connectivity index (χ4n) is 3.36. The molecular weight excluding hydrogens is 326 g/mol. The summed E-state index contributed by atoms with van der Waals surface area (Å²) in [4.78, 5) is 9.51. The molecule has 3 aromatic rings. The molecule has 0 amide bonds. The number of fused-ring (bicyclic) bond motifs is 1. The lowest BCUT2D eigenvalue weighted by atomic mass is 10.2. The normalized spacial score (nSPS) is 15.5. The van der Waals surface area contributed by atoms with E-state index in [0.29, 0.717) is 0 Å². The average Bonchev–Trinajstić information content (AvgIpc) is 3.17. The van der Waals surface area contributed by atoms with Gasteiger partial charge in [-0.15, -0.1) is 0 Å². The number of para-hydroxylation sites is 1. The Morgan fingerprint density at radius 3 is 2.62 bits per heavy atom. The summed E-state index contributed by atoms with van der Waals surface area (Å²) in [6, 6.07) is 14.2. The Morgan fingerprint density at radius 2 is 1.85 bits per heavy atom. The number of nitrogens with zero attached hydrogens (tertiary/aromatic N) is 5. The molecule has 6 nitrogen and oxygen atoms in total. The largest absolute Gasteiger partial charge is 0.492 e. The molecule has 0 spiro atoms. The predicted octanol–water partition coefficient (Wildman–Crippen LogP) is 2.49. The van der Waals surface area contributed by atoms with Crippen molar-refractivity contribution in [2.75, 3.05) is 44.2 Å². The Hall–Kier alpha value is -2.60. The highest BCUT2D eigenvalue weighted by Gasteiger charge is 2.20. The molecule has 136 valence electrons. The van der Waals surface area contributed by atoms with Gasteiger partial charge in [0, 0.05) is 50.6 Å². The van der Waals surface area contributed by atoms with Gasteiger partial charge in [0.15, 0.2) is 5.65 Å². The number of aryl methyl sites for hydroxylation is 1. The summed E-state index contributed by atoms with van der Waals surface area (Å²) < 4.78 is 7.77. The zero-order valence-corrected chi connectivity index (χ0v) is 15.2. The maximum atomic E-state index is 5.82. The molecule has 0 aliphatic carbocycles. The number of rotatable bonds is 6. The van der Waals surface area contributed by atoms with E-state index in [0.717, 1.165) is 68.7 Å². The first-order valence-corrected chi connectivity index (χ1v) is 9.32. The summed E-state index contributed by atoms with van der Waals surface area (Å²) in [5.41, 5.74) is 2.05. The topological polar surface area (TPSA) is 45.9 Å². The second-order valence-corrected chi connectivity index (χ2v) is 6.55. The van der Waals surface area contributed by atoms with Gasteiger partial charge in [-0.2, -0.15) is 9.61 Å². The molecule has 1 aliphatic heterocycles. The van der Waals surface area contributed by atoms with Crippen LogP contribution >= 0.6 is 0 Å². The Labute approximate surface area is 154 Å². The van der Waals surface area contributed by atoms with Gasteiger partial charge in [-0.25, -0.2) is 4.98 Å². The summed E-state index contributed by atoms with van der Waals surface area (Å²) in [6.07, 6.45) is 2.76. The van der Waals surface area contributed by atoms with Crippen molar-refractivity contribution in [2.45, 2.75) is 13.3 Å². The highest BCUT2D eigenvalue weighted by Crippen LogP contribution is 2.19. The van der Waals surface area contributed by atoms with Crippen molar-refractivity contribution in [2.24, 2.45) is 0 Å². The van der Waals surface area contributed by atoms with Gasteiger partial charge in [0.25, 0.3) is 0 Å². The Balaban J connectivity index is 1.34. The fraction of sp³-hybridized carbons (Fsp3) is 0.400. The monoisotopic (exact) mass is 351 g/mol. The zero-order valence-electron chi connectivity index (χ0n) is 15.2. The summed E-state index contributed by atoms with van der Waals surface area (Å²) >= 11 is 0. The summed E-state index contributed by atoms with van der Waals surface area (Å²) in [5.74, 6) is 2.09. The summed E-state index contributed by atoms with van der Waals surface area (Å²) in [5, 5.41) is 4.45. The van der Waals surface area contributed by atoms with Crippen molar-refractivity contribution in [3.05, 3.63) is 54.4 Å². The molecule has 1 fully saturated rings. The van der Waals surface area contributed by atoms with Crippen LogP contribution in [0.15, 0.2) is 48.7 Å². The van der Waals surface area contributed by atoms with Crippen molar-refractivity contribution in [3.63, 3.8) is 0 Å². The van der Waals surface area contributed by atoms with Crippen molar-refractivity contribution in [1.29, 1.82) is 0 Å². The van der Waals surface area contributed by atoms with E-state index >= 15 is 0 Å². The first-order valence-electron chi connectivity index (χ1n) is 9.32. The lowest BCUT2D eigenvalue weighted by Gasteiger charge is -2.36. The van der Waals surface area contributed by atoms with Crippen LogP contribution in [0.5, 0.6) is 5.75 Å². The molecule has 6 heteroatoms. The minimum absolute atomic E-state index is 0.725. The lowest BCUT2D eigenvalue weighted by molar-refractivity contribution is 0.200. The third kappa shape index (κ3) is 3.65. The van der Waals surface area contributed by atoms with Crippen LogP contribution in [0.1, 0.15) is 12.6 Å². The van der Waals surface area contributed by atoms with Crippen molar-refractivity contribution in [1.82, 2.24) is 19.5 Å². The van der Waals surface area contributed by atoms with Gasteiger partial charge in [0.05, 0.1) is 6.20 Å². The van der Waals surface area contributed by atoms with Gasteiger partial charge in [0.2, 0.25) is 0 Å². The van der Waals surface area contributed by atoms with E-state index < -0.39 is 0 Å². The van der Waals surface area contributed by atoms with Crippen molar-refractivity contribution >= 4 is 11.5 Å². The third-order valence-corrected chi connectivity index (χ3v) is 4.87. The smallest absolute Gasteiger partial charge is 0.157 e. The number of aromatic nitrogens is 3. The molecule has 3 heterocycles. The standard InChI is InChI=1S/C20H25N5O/c1-2-17-16-20(25-19(22-17)8-9-21-25)24-12-10-23(11-13-24)14-15-26-18-6-4-3-5-7-18/h3-9,16H,2,10-15H2,1H3. The zero-order chi connectivity index (χ0) is 17.8. The van der Waals surface area contributed by atoms with E-state index in [2.05, 4.69) is 32.9 Å². The number of benzene rings is 1. The summed E-state index contributed by atoms with van der Waals surface area (Å²) in [6.45, 7) is 7.87. The van der Waals surface area contributed by atoms with Crippen molar-refractivity contribution in [3.8, 4) is 5.75 Å². The van der Waals surface area contributed by atoms with E-state index in [-0.39, 0.29) is 0 Å². The van der Waals surface area contributed by atoms with Crippen LogP contribution in [0.3, 0.4) is 0 Å². The van der Waals surface area contributed by atoms with E-state index in [9.17, 15) is 0 Å². The SMILES string of the molecule is CCc1cc(N2CCN(CCOc3ccccc3)CC2)n2nccc2n1. The Bertz CT molecular complexity index is 840. The summed E-state index contributed by atoms with van der Waals surface area (Å²) in [7, 11) is 0. The molecule has 0 bridgehead atoms. The molecule has 4 rings (SSSR count). The number of hydrogen-bond donors (Lipinski definition) is 0. The predicted molar refractivity (Wildman–Crippen MR) is 103 cm³/mol. The van der Waals surface area contributed by atoms with E-state index in [1.54, 1.807) is 0 Å². The van der Waals surface area contributed by atoms with Gasteiger partial charge in [-0.05, 0) is 18.6 Å². The minimum atomic E-state index is 0.725. The second-order valence-electron chi connectivity index (χ2n) is 6.55. The second kappa shape index (κ2) is 7.74. The van der Waals surface area contributed by atoms with Gasteiger partial charge >= 0.3 is 0 Å². The quantitative estimate of drug-likeness (QED) is 0.683. The molecule has 1 aromatic carbocycles. The lowest BCUT2D eigenvalue weighted by Crippen LogP contribution is -2.48. The highest BCUT2D eigenvalue weighted by molar-refractivity contribution is 5.51. The van der Waals surface area contributed by atoms with E-state index in [4.69, 9.17) is 4.74 Å². The van der Waals surface area contributed by atoms with Gasteiger partial charge in [-0.1, -0.05) is 25.1 Å². The van der Waals surface area contributed by atoms with Gasteiger partial charge in [0.1, 0.15) is 18.2 Å². The average molecular weight is 351 g/mol. The Kier molecular flexibility index (Phi) is 5.02. The molecular formula is C20H25N5O. The Morgan fingerprint density at radius 1 is 1.04 bits per heavy atom. The maximum Gasteiger partial charge on any atom is 0.157 e. The van der Waals surface area contributed by atoms with Crippen LogP contribution in [-0.2, 0) is 6.42 Å². The molecule has 1 saturated heterocycles. The molecule has 0 unspecified atom stereocenters. The van der Waals surface area contributed by atoms with Gasteiger partial charge < -0.3 is 9.64 Å². The number of piperazine rings is 1. The molecule has 1 aliphatic rings. The molecule has 2 aromatic heterocycles. The first kappa shape index (κ1) is 16.8. The van der Waals surface area contributed by atoms with Crippen LogP contribution in [-0.4, -0.2) is 58.8 Å². The van der Waals surface area contributed by atoms with E-state index in [1.165, 1.54) is 0 Å². The van der Waals surface area contributed by atoms with Crippen LogP contribution in [0.25, 0.3) is 5.65 Å². The first-order chi connectivity index (χ1) is 12.8. The third-order valence-electron chi connectivity index (χ3n) is 4.87. The van der Waals surface area contributed by atoms with Crippen LogP contribution in [0, 0.1) is 0 Å². The van der Waals surface area contributed by atoms with Crippen LogP contribution < -0.4 is 9.64 Å². The minimum Gasteiger partial charge on any atom is -0.492 e. The van der Waals surface area contributed by atoms with Crippen LogP contribution in [0.4, 0.5) is 5.82 Å². The number of ether oxygens (including phenoxy) is 1. The molecule has 0 saturated carbocycles. The highest BCUT2D eigenvalue weighted by atomic mass is 16.5. The fourth-order valence-corrected chi connectivity index (χ4v) is 3.36. The van der Waals surface area contributed by atoms with Crippen LogP contribution in [0.2, 0.25) is 0 Å². The molecule has 0 atom stereocenters. The number of hydrogen-bond acceptors (Lipinski definition) is 5. The van der Waals surface area contributed by atoms with Gasteiger partial charge in [-0.3, -0.25) is 4.90 Å².